The second-order valence-electron chi connectivity index (χ2n) is 7.30. The van der Waals surface area contributed by atoms with Crippen LogP contribution in [0.25, 0.3) is 0 Å². The molecule has 1 aromatic carbocycles. The number of nitrogens with one attached hydrogen (secondary N) is 1. The molecule has 8 nitrogen and oxygen atoms in total. The van der Waals surface area contributed by atoms with Crippen LogP contribution in [0.1, 0.15) is 26.7 Å². The van der Waals surface area contributed by atoms with Crippen LogP contribution in [0.3, 0.4) is 0 Å². The van der Waals surface area contributed by atoms with Gasteiger partial charge in [-0.3, -0.25) is 4.79 Å². The van der Waals surface area contributed by atoms with Crippen molar-refractivity contribution in [2.24, 2.45) is 5.92 Å². The molecule has 1 amide bonds. The maximum absolute atomic E-state index is 12.6. The molecular formula is C20H30N2O6S. The number of sulfone groups is 1. The van der Waals surface area contributed by atoms with E-state index in [1.165, 1.54) is 0 Å². The highest BCUT2D eigenvalue weighted by molar-refractivity contribution is 7.91. The van der Waals surface area contributed by atoms with E-state index < -0.39 is 9.84 Å². The summed E-state index contributed by atoms with van der Waals surface area (Å²) in [6, 6.07) is 3.69. The first-order chi connectivity index (χ1) is 13.9. The third kappa shape index (κ3) is 5.76. The molecule has 2 saturated heterocycles. The van der Waals surface area contributed by atoms with Gasteiger partial charge in [-0.15, -0.1) is 0 Å². The Morgan fingerprint density at radius 1 is 1.17 bits per heavy atom. The number of rotatable bonds is 8. The van der Waals surface area contributed by atoms with Crippen molar-refractivity contribution in [1.29, 1.82) is 0 Å². The van der Waals surface area contributed by atoms with Crippen molar-refractivity contribution in [3.05, 3.63) is 12.1 Å². The summed E-state index contributed by atoms with van der Waals surface area (Å²) in [4.78, 5) is 14.7. The zero-order valence-electron chi connectivity index (χ0n) is 17.1. The number of hydrogen-bond acceptors (Lipinski definition) is 7. The number of hydrogen-bond donors (Lipinski definition) is 1. The fourth-order valence-corrected chi connectivity index (χ4v) is 5.60. The lowest BCUT2D eigenvalue weighted by molar-refractivity contribution is -0.116. The summed E-state index contributed by atoms with van der Waals surface area (Å²) in [6.07, 6.45) is 0.716. The summed E-state index contributed by atoms with van der Waals surface area (Å²) in [5.74, 6) is 1.15. The van der Waals surface area contributed by atoms with Gasteiger partial charge < -0.3 is 24.4 Å². The van der Waals surface area contributed by atoms with Crippen LogP contribution >= 0.6 is 0 Å². The van der Waals surface area contributed by atoms with Crippen molar-refractivity contribution in [2.45, 2.75) is 26.7 Å². The monoisotopic (exact) mass is 426 g/mol. The predicted octanol–water partition coefficient (Wildman–Crippen LogP) is 2.08. The van der Waals surface area contributed by atoms with Crippen molar-refractivity contribution >= 4 is 27.1 Å². The van der Waals surface area contributed by atoms with Crippen LogP contribution in [0.4, 0.5) is 11.4 Å². The molecule has 29 heavy (non-hydrogen) atoms. The van der Waals surface area contributed by atoms with Gasteiger partial charge in [0.2, 0.25) is 5.91 Å². The molecule has 1 aromatic rings. The molecule has 0 aliphatic carbocycles. The van der Waals surface area contributed by atoms with Gasteiger partial charge in [0.05, 0.1) is 49.3 Å². The third-order valence-electron chi connectivity index (χ3n) is 5.09. The number of ether oxygens (including phenoxy) is 3. The number of amides is 1. The highest BCUT2D eigenvalue weighted by atomic mass is 32.2. The summed E-state index contributed by atoms with van der Waals surface area (Å²) in [7, 11) is -3.00. The molecule has 0 aromatic heterocycles. The van der Waals surface area contributed by atoms with Crippen LogP contribution in [0.15, 0.2) is 12.1 Å². The van der Waals surface area contributed by atoms with E-state index in [1.807, 2.05) is 19.9 Å². The summed E-state index contributed by atoms with van der Waals surface area (Å²) in [5.41, 5.74) is 1.46. The lowest BCUT2D eigenvalue weighted by Gasteiger charge is -2.31. The van der Waals surface area contributed by atoms with Gasteiger partial charge in [0, 0.05) is 31.6 Å². The molecule has 162 valence electrons. The Labute approximate surface area is 172 Å². The Balaban J connectivity index is 1.80. The Morgan fingerprint density at radius 3 is 2.48 bits per heavy atom. The second kappa shape index (κ2) is 9.67. The minimum Gasteiger partial charge on any atom is -0.492 e. The summed E-state index contributed by atoms with van der Waals surface area (Å²) in [5, 5.41) is 2.90. The predicted molar refractivity (Wildman–Crippen MR) is 112 cm³/mol. The van der Waals surface area contributed by atoms with Crippen LogP contribution in [-0.4, -0.2) is 65.3 Å². The minimum atomic E-state index is -3.00. The van der Waals surface area contributed by atoms with E-state index >= 15 is 0 Å². The largest absolute Gasteiger partial charge is 0.492 e. The van der Waals surface area contributed by atoms with Crippen LogP contribution in [-0.2, 0) is 19.4 Å². The number of nitrogens with zero attached hydrogens (tertiary/aromatic N) is 1. The SMILES string of the molecule is CCOc1cc(N2CCOCC2)c(OCC)cc1NC(=O)C[C@@H]1CCS(=O)(=O)C1. The number of morpholine rings is 1. The van der Waals surface area contributed by atoms with E-state index in [-0.39, 0.29) is 29.8 Å². The number of benzene rings is 1. The molecular weight excluding hydrogens is 396 g/mol. The molecule has 2 heterocycles. The first kappa shape index (κ1) is 21.7. The first-order valence-electron chi connectivity index (χ1n) is 10.2. The second-order valence-corrected chi connectivity index (χ2v) is 9.53. The van der Waals surface area contributed by atoms with E-state index in [0.717, 1.165) is 18.8 Å². The fourth-order valence-electron chi connectivity index (χ4n) is 3.74. The normalized spacial score (nSPS) is 21.0. The van der Waals surface area contributed by atoms with Crippen LogP contribution in [0.2, 0.25) is 0 Å². The quantitative estimate of drug-likeness (QED) is 0.680. The van der Waals surface area contributed by atoms with Crippen molar-refractivity contribution in [2.75, 3.05) is 61.2 Å². The maximum Gasteiger partial charge on any atom is 0.224 e. The van der Waals surface area contributed by atoms with Gasteiger partial charge >= 0.3 is 0 Å². The molecule has 0 radical (unpaired) electrons. The standard InChI is InChI=1S/C20H30N2O6S/c1-3-27-18-13-17(22-6-8-26-9-7-22)19(28-4-2)12-16(18)21-20(23)11-15-5-10-29(24,25)14-15/h12-13,15H,3-11,14H2,1-2H3,(H,21,23)/t15-/m0/s1. The number of anilines is 2. The first-order valence-corrected chi connectivity index (χ1v) is 12.0. The summed E-state index contributed by atoms with van der Waals surface area (Å²) < 4.78 is 40.3. The molecule has 9 heteroatoms. The average molecular weight is 427 g/mol. The molecule has 2 aliphatic heterocycles. The highest BCUT2D eigenvalue weighted by Gasteiger charge is 2.30. The van der Waals surface area contributed by atoms with Gasteiger partial charge in [0.15, 0.2) is 9.84 Å². The molecule has 2 fully saturated rings. The fraction of sp³-hybridized carbons (Fsp3) is 0.650. The zero-order chi connectivity index (χ0) is 20.9. The van der Waals surface area contributed by atoms with Crippen LogP contribution in [0, 0.1) is 5.92 Å². The van der Waals surface area contributed by atoms with Gasteiger partial charge in [-0.2, -0.15) is 0 Å². The van der Waals surface area contributed by atoms with Gasteiger partial charge in [0.1, 0.15) is 11.5 Å². The molecule has 0 unspecified atom stereocenters. The molecule has 0 bridgehead atoms. The Kier molecular flexibility index (Phi) is 7.23. The van der Waals surface area contributed by atoms with Crippen LogP contribution < -0.4 is 19.7 Å². The summed E-state index contributed by atoms with van der Waals surface area (Å²) in [6.45, 7) is 7.58. The molecule has 0 spiro atoms. The Hall–Kier alpha value is -2.00. The third-order valence-corrected chi connectivity index (χ3v) is 6.92. The van der Waals surface area contributed by atoms with E-state index in [0.29, 0.717) is 50.0 Å². The van der Waals surface area contributed by atoms with E-state index in [2.05, 4.69) is 10.2 Å². The average Bonchev–Trinajstić information content (AvgIpc) is 3.03. The summed E-state index contributed by atoms with van der Waals surface area (Å²) >= 11 is 0. The highest BCUT2D eigenvalue weighted by Crippen LogP contribution is 2.39. The molecule has 2 aliphatic rings. The van der Waals surface area contributed by atoms with E-state index in [9.17, 15) is 13.2 Å². The number of carbonyl (C=O) groups excluding carboxylic acids is 1. The minimum absolute atomic E-state index is 0.0822. The molecule has 0 saturated carbocycles. The maximum atomic E-state index is 12.6. The zero-order valence-corrected chi connectivity index (χ0v) is 17.9. The molecule has 3 rings (SSSR count). The van der Waals surface area contributed by atoms with E-state index in [4.69, 9.17) is 14.2 Å². The molecule has 1 N–H and O–H groups in total. The lowest BCUT2D eigenvalue weighted by atomic mass is 10.0. The van der Waals surface area contributed by atoms with E-state index in [1.54, 1.807) is 6.07 Å². The number of carbonyl (C=O) groups is 1. The molecule has 1 atom stereocenters. The topological polar surface area (TPSA) is 94.2 Å². The van der Waals surface area contributed by atoms with Crippen molar-refractivity contribution in [3.8, 4) is 11.5 Å². The Morgan fingerprint density at radius 2 is 1.86 bits per heavy atom. The van der Waals surface area contributed by atoms with Crippen LogP contribution in [0.5, 0.6) is 11.5 Å². The van der Waals surface area contributed by atoms with Gasteiger partial charge in [-0.05, 0) is 26.2 Å². The van der Waals surface area contributed by atoms with Crippen molar-refractivity contribution < 1.29 is 27.4 Å². The van der Waals surface area contributed by atoms with Gasteiger partial charge in [-0.25, -0.2) is 8.42 Å². The Bertz CT molecular complexity index is 821. The van der Waals surface area contributed by atoms with Gasteiger partial charge in [-0.1, -0.05) is 0 Å². The lowest BCUT2D eigenvalue weighted by Crippen LogP contribution is -2.36. The van der Waals surface area contributed by atoms with Gasteiger partial charge in [0.25, 0.3) is 0 Å². The van der Waals surface area contributed by atoms with Crippen molar-refractivity contribution in [1.82, 2.24) is 0 Å². The smallest absolute Gasteiger partial charge is 0.224 e. The van der Waals surface area contributed by atoms with Crippen molar-refractivity contribution in [3.63, 3.8) is 0 Å².